The fourth-order valence-corrected chi connectivity index (χ4v) is 3.56. The van der Waals surface area contributed by atoms with Gasteiger partial charge in [-0.15, -0.1) is 0 Å². The fourth-order valence-electron chi connectivity index (χ4n) is 3.56. The Morgan fingerprint density at radius 1 is 1.16 bits per heavy atom. The molecule has 0 aliphatic carbocycles. The average molecular weight is 424 g/mol. The number of aromatic nitrogens is 2. The number of fused-ring (bicyclic) bond motifs is 1. The molecule has 0 saturated carbocycles. The Bertz CT molecular complexity index is 1160. The van der Waals surface area contributed by atoms with Crippen LogP contribution in [0.5, 0.6) is 11.5 Å². The van der Waals surface area contributed by atoms with Crippen molar-refractivity contribution in [3.8, 4) is 22.8 Å². The molecule has 1 aliphatic heterocycles. The molecule has 0 saturated heterocycles. The van der Waals surface area contributed by atoms with Crippen molar-refractivity contribution in [2.75, 3.05) is 24.9 Å². The van der Waals surface area contributed by atoms with E-state index in [0.29, 0.717) is 39.8 Å². The van der Waals surface area contributed by atoms with Gasteiger partial charge in [0, 0.05) is 22.9 Å². The van der Waals surface area contributed by atoms with E-state index < -0.39 is 11.9 Å². The molecule has 0 spiro atoms. The van der Waals surface area contributed by atoms with Crippen LogP contribution in [0.25, 0.3) is 11.3 Å². The van der Waals surface area contributed by atoms with Crippen molar-refractivity contribution in [3.63, 3.8) is 0 Å². The number of nitrogens with one attached hydrogen (secondary N) is 2. The molecule has 8 nitrogen and oxygen atoms in total. The van der Waals surface area contributed by atoms with Crippen LogP contribution in [0.1, 0.15) is 18.0 Å². The van der Waals surface area contributed by atoms with E-state index in [2.05, 4.69) is 15.7 Å². The van der Waals surface area contributed by atoms with Gasteiger partial charge in [0.05, 0.1) is 26.3 Å². The minimum atomic E-state index is -0.843. The normalized spacial score (nSPS) is 15.1. The molecule has 2 amide bonds. The summed E-state index contributed by atoms with van der Waals surface area (Å²) in [5.74, 6) is 0.418. The molecule has 2 heterocycles. The number of carbonyl (C=O) groups is 2. The Labute approximate surface area is 178 Å². The zero-order valence-electron chi connectivity index (χ0n) is 17.2. The number of halogens is 1. The summed E-state index contributed by atoms with van der Waals surface area (Å²) in [6.45, 7) is 1.80. The van der Waals surface area contributed by atoms with Gasteiger partial charge in [0.1, 0.15) is 17.7 Å². The molecule has 0 fully saturated rings. The van der Waals surface area contributed by atoms with E-state index >= 15 is 0 Å². The summed E-state index contributed by atoms with van der Waals surface area (Å²) in [5, 5.41) is 10.2. The molecule has 0 unspecified atom stereocenters. The van der Waals surface area contributed by atoms with Crippen LogP contribution < -0.4 is 20.1 Å². The second-order valence-electron chi connectivity index (χ2n) is 7.10. The lowest BCUT2D eigenvalue weighted by atomic mass is 10.1. The van der Waals surface area contributed by atoms with Gasteiger partial charge in [0.2, 0.25) is 11.8 Å². The highest BCUT2D eigenvalue weighted by Crippen LogP contribution is 2.35. The summed E-state index contributed by atoms with van der Waals surface area (Å²) in [4.78, 5) is 25.4. The standard InChI is InChI=1S/C22H21FN4O4/c1-12-20(13-4-6-14(23)7-5-13)26-27-16(11-19(28)25-21(12)27)22(29)24-15-8-9-17(30-2)18(10-15)31-3/h4-10,16H,11H2,1-3H3,(H,24,29)(H,25,28)/t16-/m0/s1. The van der Waals surface area contributed by atoms with Crippen molar-refractivity contribution >= 4 is 23.3 Å². The summed E-state index contributed by atoms with van der Waals surface area (Å²) in [6, 6.07) is 10.1. The number of benzene rings is 2. The quantitative estimate of drug-likeness (QED) is 0.653. The van der Waals surface area contributed by atoms with Crippen LogP contribution >= 0.6 is 0 Å². The first-order valence-corrected chi connectivity index (χ1v) is 9.59. The van der Waals surface area contributed by atoms with Gasteiger partial charge in [0.15, 0.2) is 11.5 Å². The van der Waals surface area contributed by atoms with Crippen molar-refractivity contribution in [1.29, 1.82) is 0 Å². The first-order valence-electron chi connectivity index (χ1n) is 9.59. The first-order chi connectivity index (χ1) is 14.9. The molecule has 1 aliphatic rings. The molecule has 2 N–H and O–H groups in total. The number of hydrogen-bond donors (Lipinski definition) is 2. The van der Waals surface area contributed by atoms with Gasteiger partial charge in [-0.3, -0.25) is 9.59 Å². The lowest BCUT2D eigenvalue weighted by molar-refractivity contribution is -0.125. The maximum Gasteiger partial charge on any atom is 0.249 e. The van der Waals surface area contributed by atoms with Crippen molar-refractivity contribution in [3.05, 3.63) is 53.8 Å². The van der Waals surface area contributed by atoms with E-state index in [-0.39, 0.29) is 18.1 Å². The number of nitrogens with zero attached hydrogens (tertiary/aromatic N) is 2. The smallest absolute Gasteiger partial charge is 0.249 e. The van der Waals surface area contributed by atoms with Crippen LogP contribution in [0.3, 0.4) is 0 Å². The maximum absolute atomic E-state index is 13.3. The summed E-state index contributed by atoms with van der Waals surface area (Å²) < 4.78 is 25.3. The zero-order valence-corrected chi connectivity index (χ0v) is 17.2. The monoisotopic (exact) mass is 424 g/mol. The van der Waals surface area contributed by atoms with Crippen LogP contribution in [0.2, 0.25) is 0 Å². The Kier molecular flexibility index (Phi) is 5.33. The Morgan fingerprint density at radius 3 is 2.55 bits per heavy atom. The highest BCUT2D eigenvalue weighted by Gasteiger charge is 2.34. The van der Waals surface area contributed by atoms with Gasteiger partial charge in [-0.1, -0.05) is 0 Å². The first kappa shape index (κ1) is 20.4. The second kappa shape index (κ2) is 8.10. The van der Waals surface area contributed by atoms with E-state index in [0.717, 1.165) is 0 Å². The van der Waals surface area contributed by atoms with Crippen LogP contribution in [-0.2, 0) is 9.59 Å². The van der Waals surface area contributed by atoms with E-state index in [1.807, 2.05) is 0 Å². The SMILES string of the molecule is COc1ccc(NC(=O)[C@@H]2CC(=O)Nc3c(C)c(-c4ccc(F)cc4)nn32)cc1OC. The van der Waals surface area contributed by atoms with E-state index in [1.54, 1.807) is 37.3 Å². The molecular weight excluding hydrogens is 403 g/mol. The molecule has 1 aromatic heterocycles. The lowest BCUT2D eigenvalue weighted by Gasteiger charge is -2.24. The minimum absolute atomic E-state index is 0.0594. The van der Waals surface area contributed by atoms with Gasteiger partial charge in [-0.2, -0.15) is 5.10 Å². The predicted octanol–water partition coefficient (Wildman–Crippen LogP) is 3.54. The highest BCUT2D eigenvalue weighted by molar-refractivity contribution is 6.02. The third-order valence-corrected chi connectivity index (χ3v) is 5.15. The van der Waals surface area contributed by atoms with Crippen LogP contribution in [0.15, 0.2) is 42.5 Å². The molecule has 2 aromatic carbocycles. The Hall–Kier alpha value is -3.88. The van der Waals surface area contributed by atoms with Gasteiger partial charge in [-0.05, 0) is 43.3 Å². The van der Waals surface area contributed by atoms with Crippen LogP contribution in [0.4, 0.5) is 15.9 Å². The van der Waals surface area contributed by atoms with Crippen molar-refractivity contribution in [1.82, 2.24) is 9.78 Å². The van der Waals surface area contributed by atoms with Crippen LogP contribution in [-0.4, -0.2) is 35.8 Å². The number of anilines is 2. The molecule has 9 heteroatoms. The summed E-state index contributed by atoms with van der Waals surface area (Å²) in [6.07, 6.45) is -0.0594. The third kappa shape index (κ3) is 3.81. The molecular formula is C22H21FN4O4. The number of hydrogen-bond acceptors (Lipinski definition) is 5. The number of carbonyl (C=O) groups excluding carboxylic acids is 2. The highest BCUT2D eigenvalue weighted by atomic mass is 19.1. The van der Waals surface area contributed by atoms with Gasteiger partial charge in [-0.25, -0.2) is 9.07 Å². The summed E-state index contributed by atoms with van der Waals surface area (Å²) in [5.41, 5.74) is 2.46. The predicted molar refractivity (Wildman–Crippen MR) is 113 cm³/mol. The summed E-state index contributed by atoms with van der Waals surface area (Å²) >= 11 is 0. The van der Waals surface area contributed by atoms with Crippen molar-refractivity contribution in [2.45, 2.75) is 19.4 Å². The van der Waals surface area contributed by atoms with Crippen molar-refractivity contribution < 1.29 is 23.5 Å². The Balaban J connectivity index is 1.66. The zero-order chi connectivity index (χ0) is 22.1. The van der Waals surface area contributed by atoms with Gasteiger partial charge < -0.3 is 20.1 Å². The van der Waals surface area contributed by atoms with E-state index in [4.69, 9.17) is 9.47 Å². The molecule has 3 aromatic rings. The molecule has 0 radical (unpaired) electrons. The third-order valence-electron chi connectivity index (χ3n) is 5.15. The second-order valence-corrected chi connectivity index (χ2v) is 7.10. The number of ether oxygens (including phenoxy) is 2. The lowest BCUT2D eigenvalue weighted by Crippen LogP contribution is -2.35. The average Bonchev–Trinajstić information content (AvgIpc) is 3.10. The summed E-state index contributed by atoms with van der Waals surface area (Å²) in [7, 11) is 3.03. The Morgan fingerprint density at radius 2 is 1.87 bits per heavy atom. The molecule has 0 bridgehead atoms. The van der Waals surface area contributed by atoms with E-state index in [1.165, 1.54) is 31.0 Å². The minimum Gasteiger partial charge on any atom is -0.493 e. The van der Waals surface area contributed by atoms with E-state index in [9.17, 15) is 14.0 Å². The number of methoxy groups -OCH3 is 2. The largest absolute Gasteiger partial charge is 0.493 e. The molecule has 31 heavy (non-hydrogen) atoms. The van der Waals surface area contributed by atoms with Crippen molar-refractivity contribution in [2.24, 2.45) is 0 Å². The maximum atomic E-state index is 13.3. The molecule has 160 valence electrons. The number of rotatable bonds is 5. The van der Waals surface area contributed by atoms with Gasteiger partial charge >= 0.3 is 0 Å². The van der Waals surface area contributed by atoms with Crippen LogP contribution in [0, 0.1) is 12.7 Å². The number of amides is 2. The topological polar surface area (TPSA) is 94.5 Å². The molecule has 4 rings (SSSR count). The fraction of sp³-hybridized carbons (Fsp3) is 0.227. The van der Waals surface area contributed by atoms with Gasteiger partial charge in [0.25, 0.3) is 0 Å². The molecule has 1 atom stereocenters.